The number of hydrogen-bond donors (Lipinski definition) is 1. The summed E-state index contributed by atoms with van der Waals surface area (Å²) in [6, 6.07) is 15.5. The van der Waals surface area contributed by atoms with Gasteiger partial charge in [0, 0.05) is 17.3 Å². The number of carbonyl (C=O) groups excluding carboxylic acids is 1. The van der Waals surface area contributed by atoms with Crippen LogP contribution in [0, 0.1) is 0 Å². The maximum Gasteiger partial charge on any atom is 0.267 e. The molecule has 0 aliphatic carbocycles. The normalized spacial score (nSPS) is 13.1. The lowest BCUT2D eigenvalue weighted by atomic mass is 10.1. The van der Waals surface area contributed by atoms with Crippen molar-refractivity contribution in [2.45, 2.75) is 39.2 Å². The van der Waals surface area contributed by atoms with Crippen molar-refractivity contribution in [1.29, 1.82) is 0 Å². The summed E-state index contributed by atoms with van der Waals surface area (Å²) in [7, 11) is 0. The average molecular weight is 419 g/mol. The van der Waals surface area contributed by atoms with Crippen molar-refractivity contribution < 1.29 is 14.3 Å². The van der Waals surface area contributed by atoms with Crippen LogP contribution in [-0.2, 0) is 11.2 Å². The van der Waals surface area contributed by atoms with Gasteiger partial charge in [-0.1, -0.05) is 25.5 Å². The van der Waals surface area contributed by atoms with Crippen molar-refractivity contribution in [3.05, 3.63) is 70.5 Å². The number of unbranched alkanes of at least 4 members (excludes halogenated alkanes) is 1. The minimum Gasteiger partial charge on any atom is -0.454 e. The van der Waals surface area contributed by atoms with E-state index < -0.39 is 6.04 Å². The first-order chi connectivity index (χ1) is 15.0. The molecule has 1 N–H and O–H groups in total. The van der Waals surface area contributed by atoms with Crippen molar-refractivity contribution in [2.75, 3.05) is 12.1 Å². The van der Waals surface area contributed by atoms with E-state index in [0.717, 1.165) is 24.8 Å². The molecule has 0 fully saturated rings. The zero-order valence-corrected chi connectivity index (χ0v) is 17.6. The van der Waals surface area contributed by atoms with Crippen LogP contribution in [-0.4, -0.2) is 22.5 Å². The van der Waals surface area contributed by atoms with Gasteiger partial charge in [-0.3, -0.25) is 9.59 Å². The number of aromatic nitrogens is 2. The molecule has 4 rings (SSSR count). The molecule has 1 aromatic heterocycles. The van der Waals surface area contributed by atoms with Crippen LogP contribution in [0.5, 0.6) is 11.5 Å². The molecule has 7 nitrogen and oxygen atoms in total. The summed E-state index contributed by atoms with van der Waals surface area (Å²) in [5.41, 5.74) is 2.92. The Hall–Kier alpha value is -3.61. The molecule has 1 unspecified atom stereocenters. The molecular weight excluding hydrogens is 394 g/mol. The molecule has 0 radical (unpaired) electrons. The number of ether oxygens (including phenoxy) is 2. The quantitative estimate of drug-likeness (QED) is 0.621. The molecule has 160 valence electrons. The second kappa shape index (κ2) is 9.04. The molecule has 1 amide bonds. The van der Waals surface area contributed by atoms with Crippen molar-refractivity contribution >= 4 is 11.6 Å². The van der Waals surface area contributed by atoms with E-state index in [4.69, 9.17) is 9.47 Å². The lowest BCUT2D eigenvalue weighted by Gasteiger charge is -2.15. The molecule has 1 aliphatic heterocycles. The molecule has 0 bridgehead atoms. The van der Waals surface area contributed by atoms with Gasteiger partial charge in [-0.05, 0) is 61.7 Å². The maximum atomic E-state index is 12.8. The lowest BCUT2D eigenvalue weighted by molar-refractivity contribution is -0.119. The zero-order chi connectivity index (χ0) is 21.8. The molecule has 0 saturated carbocycles. The Bertz CT molecular complexity index is 1140. The van der Waals surface area contributed by atoms with E-state index in [1.165, 1.54) is 16.3 Å². The first kappa shape index (κ1) is 20.7. The van der Waals surface area contributed by atoms with E-state index >= 15 is 0 Å². The van der Waals surface area contributed by atoms with Crippen LogP contribution >= 0.6 is 0 Å². The molecule has 31 heavy (non-hydrogen) atoms. The van der Waals surface area contributed by atoms with Crippen molar-refractivity contribution in [3.8, 4) is 22.8 Å². The number of hydrogen-bond acceptors (Lipinski definition) is 5. The standard InChI is InChI=1S/C24H25N3O4/c1-3-4-5-17-6-9-19(10-7-17)25-24(29)16(2)27-23(28)13-11-20(26-27)18-8-12-21-22(14-18)31-15-30-21/h6-14,16H,3-5,15H2,1-2H3,(H,25,29). The van der Waals surface area contributed by atoms with Gasteiger partial charge in [-0.2, -0.15) is 5.10 Å². The summed E-state index contributed by atoms with van der Waals surface area (Å²) in [6.45, 7) is 4.00. The fourth-order valence-corrected chi connectivity index (χ4v) is 3.41. The third-order valence-electron chi connectivity index (χ3n) is 5.28. The van der Waals surface area contributed by atoms with Crippen LogP contribution in [0.4, 0.5) is 5.69 Å². The number of benzene rings is 2. The average Bonchev–Trinajstić information content (AvgIpc) is 3.26. The summed E-state index contributed by atoms with van der Waals surface area (Å²) in [5.74, 6) is 0.995. The van der Waals surface area contributed by atoms with E-state index in [1.54, 1.807) is 19.1 Å². The predicted molar refractivity (Wildman–Crippen MR) is 118 cm³/mol. The molecule has 2 heterocycles. The van der Waals surface area contributed by atoms with Crippen LogP contribution < -0.4 is 20.3 Å². The van der Waals surface area contributed by atoms with Gasteiger partial charge in [0.05, 0.1) is 5.69 Å². The minimum absolute atomic E-state index is 0.183. The number of rotatable bonds is 7. The maximum absolute atomic E-state index is 12.8. The van der Waals surface area contributed by atoms with E-state index in [1.807, 2.05) is 36.4 Å². The second-order valence-electron chi connectivity index (χ2n) is 7.54. The van der Waals surface area contributed by atoms with Crippen LogP contribution in [0.2, 0.25) is 0 Å². The molecule has 0 spiro atoms. The van der Waals surface area contributed by atoms with Crippen LogP contribution in [0.25, 0.3) is 11.3 Å². The van der Waals surface area contributed by atoms with Gasteiger partial charge in [-0.15, -0.1) is 0 Å². The van der Waals surface area contributed by atoms with Crippen molar-refractivity contribution in [1.82, 2.24) is 9.78 Å². The second-order valence-corrected chi connectivity index (χ2v) is 7.54. The van der Waals surface area contributed by atoms with Crippen molar-refractivity contribution in [2.24, 2.45) is 0 Å². The van der Waals surface area contributed by atoms with Crippen LogP contribution in [0.1, 0.15) is 38.3 Å². The topological polar surface area (TPSA) is 82.5 Å². The summed E-state index contributed by atoms with van der Waals surface area (Å²) < 4.78 is 11.9. The number of aryl methyl sites for hydroxylation is 1. The summed E-state index contributed by atoms with van der Waals surface area (Å²) in [4.78, 5) is 25.2. The van der Waals surface area contributed by atoms with Crippen molar-refractivity contribution in [3.63, 3.8) is 0 Å². The highest BCUT2D eigenvalue weighted by molar-refractivity contribution is 5.93. The number of anilines is 1. The van der Waals surface area contributed by atoms with Gasteiger partial charge in [-0.25, -0.2) is 4.68 Å². The smallest absolute Gasteiger partial charge is 0.267 e. The molecule has 3 aromatic rings. The third-order valence-corrected chi connectivity index (χ3v) is 5.28. The fourth-order valence-electron chi connectivity index (χ4n) is 3.41. The number of nitrogens with one attached hydrogen (secondary N) is 1. The van der Waals surface area contributed by atoms with Crippen LogP contribution in [0.15, 0.2) is 59.4 Å². The van der Waals surface area contributed by atoms with E-state index in [9.17, 15) is 9.59 Å². The Labute approximate surface area is 180 Å². The van der Waals surface area contributed by atoms with E-state index in [-0.39, 0.29) is 18.3 Å². The Morgan fingerprint density at radius 3 is 2.65 bits per heavy atom. The molecular formula is C24H25N3O4. The van der Waals surface area contributed by atoms with Gasteiger partial charge < -0.3 is 14.8 Å². The molecule has 1 atom stereocenters. The van der Waals surface area contributed by atoms with Gasteiger partial charge in [0.25, 0.3) is 5.56 Å². The summed E-state index contributed by atoms with van der Waals surface area (Å²) in [6.07, 6.45) is 3.30. The molecule has 2 aromatic carbocycles. The number of carbonyl (C=O) groups is 1. The number of amides is 1. The number of nitrogens with zero attached hydrogens (tertiary/aromatic N) is 2. The Kier molecular flexibility index (Phi) is 6.02. The molecule has 1 aliphatic rings. The summed E-state index contributed by atoms with van der Waals surface area (Å²) in [5, 5.41) is 7.29. The zero-order valence-electron chi connectivity index (χ0n) is 17.6. The SMILES string of the molecule is CCCCc1ccc(NC(=O)C(C)n2nc(-c3ccc4c(c3)OCO4)ccc2=O)cc1. The van der Waals surface area contributed by atoms with Gasteiger partial charge in [0.1, 0.15) is 6.04 Å². The fraction of sp³-hybridized carbons (Fsp3) is 0.292. The van der Waals surface area contributed by atoms with Gasteiger partial charge in [0.15, 0.2) is 11.5 Å². The lowest BCUT2D eigenvalue weighted by Crippen LogP contribution is -2.33. The highest BCUT2D eigenvalue weighted by atomic mass is 16.7. The van der Waals surface area contributed by atoms with Gasteiger partial charge >= 0.3 is 0 Å². The van der Waals surface area contributed by atoms with Gasteiger partial charge in [0.2, 0.25) is 12.7 Å². The highest BCUT2D eigenvalue weighted by Gasteiger charge is 2.19. The van der Waals surface area contributed by atoms with Crippen LogP contribution in [0.3, 0.4) is 0 Å². The highest BCUT2D eigenvalue weighted by Crippen LogP contribution is 2.35. The molecule has 7 heteroatoms. The monoisotopic (exact) mass is 419 g/mol. The first-order valence-electron chi connectivity index (χ1n) is 10.4. The minimum atomic E-state index is -0.777. The first-order valence-corrected chi connectivity index (χ1v) is 10.4. The largest absolute Gasteiger partial charge is 0.454 e. The summed E-state index contributed by atoms with van der Waals surface area (Å²) >= 11 is 0. The Morgan fingerprint density at radius 1 is 1.10 bits per heavy atom. The third kappa shape index (κ3) is 4.60. The Balaban J connectivity index is 1.51. The Morgan fingerprint density at radius 2 is 1.87 bits per heavy atom. The molecule has 0 saturated heterocycles. The van der Waals surface area contributed by atoms with E-state index in [0.29, 0.717) is 22.9 Å². The van der Waals surface area contributed by atoms with E-state index in [2.05, 4.69) is 17.3 Å². The number of fused-ring (bicyclic) bond motifs is 1. The predicted octanol–water partition coefficient (Wildman–Crippen LogP) is 4.18.